The van der Waals surface area contributed by atoms with Crippen LogP contribution in [0, 0.1) is 11.6 Å². The van der Waals surface area contributed by atoms with Crippen LogP contribution in [0.25, 0.3) is 0 Å². The van der Waals surface area contributed by atoms with Crippen molar-refractivity contribution >= 4 is 17.5 Å². The average molecular weight is 333 g/mol. The molecular weight excluding hydrogens is 316 g/mol. The smallest absolute Gasteiger partial charge is 0.274 e. The summed E-state index contributed by atoms with van der Waals surface area (Å²) in [7, 11) is 2.03. The van der Waals surface area contributed by atoms with Gasteiger partial charge in [0.25, 0.3) is 5.91 Å². The Hall–Kier alpha value is -2.61. The number of piperazine rings is 1. The quantitative estimate of drug-likeness (QED) is 0.927. The van der Waals surface area contributed by atoms with Crippen LogP contribution in [0.1, 0.15) is 10.5 Å². The van der Waals surface area contributed by atoms with Crippen molar-refractivity contribution < 1.29 is 13.6 Å². The first-order valence-electron chi connectivity index (χ1n) is 7.56. The average Bonchev–Trinajstić information content (AvgIpc) is 2.59. The molecule has 0 aliphatic carbocycles. The minimum Gasteiger partial charge on any atom is -0.338 e. The molecule has 24 heavy (non-hydrogen) atoms. The number of aromatic nitrogens is 2. The number of carbonyl (C=O) groups is 1. The number of amides is 1. The van der Waals surface area contributed by atoms with Crippen molar-refractivity contribution in [3.63, 3.8) is 0 Å². The van der Waals surface area contributed by atoms with E-state index in [2.05, 4.69) is 20.2 Å². The van der Waals surface area contributed by atoms with Crippen molar-refractivity contribution in [2.75, 3.05) is 43.4 Å². The predicted molar refractivity (Wildman–Crippen MR) is 86.1 cm³/mol. The predicted octanol–water partition coefficient (Wildman–Crippen LogP) is 1.76. The number of hydrogen-bond acceptors (Lipinski definition) is 5. The van der Waals surface area contributed by atoms with Crippen LogP contribution < -0.4 is 10.2 Å². The molecule has 8 heteroatoms. The lowest BCUT2D eigenvalue weighted by Gasteiger charge is -2.32. The molecule has 0 spiro atoms. The van der Waals surface area contributed by atoms with Crippen molar-refractivity contribution in [3.05, 3.63) is 47.8 Å². The normalized spacial score (nSPS) is 15.4. The van der Waals surface area contributed by atoms with Crippen LogP contribution in [0.15, 0.2) is 30.5 Å². The second-order valence-corrected chi connectivity index (χ2v) is 5.58. The Bertz CT molecular complexity index is 727. The zero-order valence-electron chi connectivity index (χ0n) is 13.2. The van der Waals surface area contributed by atoms with Crippen molar-refractivity contribution in [3.8, 4) is 0 Å². The number of benzene rings is 1. The highest BCUT2D eigenvalue weighted by molar-refractivity contribution is 6.03. The van der Waals surface area contributed by atoms with Crippen LogP contribution >= 0.6 is 0 Å². The van der Waals surface area contributed by atoms with Crippen molar-refractivity contribution in [1.29, 1.82) is 0 Å². The molecule has 6 nitrogen and oxygen atoms in total. The summed E-state index contributed by atoms with van der Waals surface area (Å²) < 4.78 is 27.3. The van der Waals surface area contributed by atoms with E-state index in [1.165, 1.54) is 18.3 Å². The Morgan fingerprint density at radius 2 is 1.79 bits per heavy atom. The lowest BCUT2D eigenvalue weighted by atomic mass is 10.2. The lowest BCUT2D eigenvalue weighted by Crippen LogP contribution is -2.45. The molecule has 1 N–H and O–H groups in total. The Balaban J connectivity index is 1.77. The van der Waals surface area contributed by atoms with Gasteiger partial charge in [-0.3, -0.25) is 4.79 Å². The molecule has 2 aromatic rings. The standard InChI is InChI=1S/C16H17F2N5O/c1-22-7-9-23(10-8-22)16-19-6-5-13(20-16)15(24)21-14-11(17)3-2-4-12(14)18/h2-6H,7-10H2,1H3,(H,21,24). The first-order valence-corrected chi connectivity index (χ1v) is 7.56. The van der Waals surface area contributed by atoms with Gasteiger partial charge in [-0.25, -0.2) is 18.7 Å². The molecule has 2 heterocycles. The highest BCUT2D eigenvalue weighted by Gasteiger charge is 2.19. The first-order chi connectivity index (χ1) is 11.5. The second kappa shape index (κ2) is 6.88. The maximum atomic E-state index is 13.6. The van der Waals surface area contributed by atoms with Gasteiger partial charge in [0.1, 0.15) is 23.0 Å². The molecule has 1 amide bonds. The fraction of sp³-hybridized carbons (Fsp3) is 0.312. The van der Waals surface area contributed by atoms with E-state index in [1.54, 1.807) is 0 Å². The summed E-state index contributed by atoms with van der Waals surface area (Å²) in [5, 5.41) is 2.23. The van der Waals surface area contributed by atoms with Crippen LogP contribution in [0.3, 0.4) is 0 Å². The first kappa shape index (κ1) is 16.3. The number of nitrogens with one attached hydrogen (secondary N) is 1. The third-order valence-corrected chi connectivity index (χ3v) is 3.86. The summed E-state index contributed by atoms with van der Waals surface area (Å²) in [6, 6.07) is 4.80. The molecule has 0 bridgehead atoms. The summed E-state index contributed by atoms with van der Waals surface area (Å²) in [5.74, 6) is -1.92. The molecular formula is C16H17F2N5O. The summed E-state index contributed by atoms with van der Waals surface area (Å²) in [6.45, 7) is 3.26. The molecule has 1 aromatic carbocycles. The third-order valence-electron chi connectivity index (χ3n) is 3.86. The molecule has 1 aliphatic rings. The molecule has 1 aromatic heterocycles. The van der Waals surface area contributed by atoms with Gasteiger partial charge in [-0.1, -0.05) is 6.07 Å². The van der Waals surface area contributed by atoms with E-state index in [0.717, 1.165) is 38.3 Å². The fourth-order valence-corrected chi connectivity index (χ4v) is 2.43. The Morgan fingerprint density at radius 1 is 1.12 bits per heavy atom. The number of halogens is 2. The van der Waals surface area contributed by atoms with E-state index < -0.39 is 23.2 Å². The van der Waals surface area contributed by atoms with Crippen molar-refractivity contribution in [2.45, 2.75) is 0 Å². The number of para-hydroxylation sites is 1. The van der Waals surface area contributed by atoms with Crippen molar-refractivity contribution in [2.24, 2.45) is 0 Å². The largest absolute Gasteiger partial charge is 0.338 e. The molecule has 1 aliphatic heterocycles. The minimum atomic E-state index is -0.836. The van der Waals surface area contributed by atoms with E-state index >= 15 is 0 Å². The van der Waals surface area contributed by atoms with Gasteiger partial charge < -0.3 is 15.1 Å². The van der Waals surface area contributed by atoms with Crippen LogP contribution in [-0.4, -0.2) is 54.0 Å². The van der Waals surface area contributed by atoms with Crippen LogP contribution in [0.5, 0.6) is 0 Å². The molecule has 0 unspecified atom stereocenters. The zero-order chi connectivity index (χ0) is 17.1. The highest BCUT2D eigenvalue weighted by atomic mass is 19.1. The number of hydrogen-bond donors (Lipinski definition) is 1. The fourth-order valence-electron chi connectivity index (χ4n) is 2.43. The molecule has 0 saturated carbocycles. The Morgan fingerprint density at radius 3 is 2.46 bits per heavy atom. The summed E-state index contributed by atoms with van der Waals surface area (Å²) in [4.78, 5) is 24.8. The van der Waals surface area contributed by atoms with Gasteiger partial charge in [-0.15, -0.1) is 0 Å². The molecule has 126 valence electrons. The number of rotatable bonds is 3. The van der Waals surface area contributed by atoms with Gasteiger partial charge in [0, 0.05) is 32.4 Å². The number of anilines is 2. The topological polar surface area (TPSA) is 61.4 Å². The highest BCUT2D eigenvalue weighted by Crippen LogP contribution is 2.19. The molecule has 3 rings (SSSR count). The lowest BCUT2D eigenvalue weighted by molar-refractivity contribution is 0.102. The Kier molecular flexibility index (Phi) is 4.66. The van der Waals surface area contributed by atoms with Gasteiger partial charge in [0.05, 0.1) is 0 Å². The van der Waals surface area contributed by atoms with Crippen molar-refractivity contribution in [1.82, 2.24) is 14.9 Å². The summed E-state index contributed by atoms with van der Waals surface area (Å²) in [5.41, 5.74) is -0.427. The number of likely N-dealkylation sites (N-methyl/N-ethyl adjacent to an activating group) is 1. The monoisotopic (exact) mass is 333 g/mol. The summed E-state index contributed by atoms with van der Waals surface area (Å²) in [6.07, 6.45) is 1.47. The van der Waals surface area contributed by atoms with Gasteiger partial charge in [-0.2, -0.15) is 0 Å². The molecule has 0 radical (unpaired) electrons. The number of nitrogens with zero attached hydrogens (tertiary/aromatic N) is 4. The SMILES string of the molecule is CN1CCN(c2nccc(C(=O)Nc3c(F)cccc3F)n2)CC1. The van der Waals surface area contributed by atoms with Crippen LogP contribution in [0.4, 0.5) is 20.4 Å². The molecule has 1 saturated heterocycles. The molecule has 0 atom stereocenters. The molecule has 1 fully saturated rings. The van der Waals surface area contributed by atoms with Crippen LogP contribution in [0.2, 0.25) is 0 Å². The summed E-state index contributed by atoms with van der Waals surface area (Å²) >= 11 is 0. The minimum absolute atomic E-state index is 0.0570. The van der Waals surface area contributed by atoms with Gasteiger partial charge in [-0.05, 0) is 25.2 Å². The second-order valence-electron chi connectivity index (χ2n) is 5.58. The van der Waals surface area contributed by atoms with E-state index in [0.29, 0.717) is 5.95 Å². The van der Waals surface area contributed by atoms with E-state index in [-0.39, 0.29) is 5.69 Å². The van der Waals surface area contributed by atoms with E-state index in [9.17, 15) is 13.6 Å². The van der Waals surface area contributed by atoms with Gasteiger partial charge >= 0.3 is 0 Å². The third kappa shape index (κ3) is 3.48. The number of carbonyl (C=O) groups excluding carboxylic acids is 1. The van der Waals surface area contributed by atoms with Crippen LogP contribution in [-0.2, 0) is 0 Å². The van der Waals surface area contributed by atoms with E-state index in [4.69, 9.17) is 0 Å². The maximum absolute atomic E-state index is 13.6. The Labute approximate surface area is 138 Å². The zero-order valence-corrected chi connectivity index (χ0v) is 13.2. The maximum Gasteiger partial charge on any atom is 0.274 e. The van der Waals surface area contributed by atoms with Gasteiger partial charge in [0.2, 0.25) is 5.95 Å². The van der Waals surface area contributed by atoms with Gasteiger partial charge in [0.15, 0.2) is 0 Å². The van der Waals surface area contributed by atoms with E-state index in [1.807, 2.05) is 11.9 Å².